The standard InChI is InChI=1S/C25H29ClO4/c1-13(2)7-6-8-24(5)19-9-15(14(3)4)12-25(19)17-10-16(27)11-18(28)20(17)22(29)21(26)23(25)30-24/h7,10-11,19,27-28H,6,8-9,12H2,1-5H3/t19-,24-,25+/m0/s1. The molecule has 1 saturated heterocycles. The van der Waals surface area contributed by atoms with Gasteiger partial charge in [-0.2, -0.15) is 0 Å². The molecule has 1 spiro atoms. The number of hydrogen-bond donors (Lipinski definition) is 2. The van der Waals surface area contributed by atoms with E-state index in [1.165, 1.54) is 22.8 Å². The topological polar surface area (TPSA) is 66.8 Å². The van der Waals surface area contributed by atoms with Gasteiger partial charge in [0.25, 0.3) is 0 Å². The third kappa shape index (κ3) is 2.84. The zero-order valence-corrected chi connectivity index (χ0v) is 19.0. The molecule has 1 aromatic carbocycles. The van der Waals surface area contributed by atoms with Crippen LogP contribution in [0.4, 0.5) is 0 Å². The number of ketones is 1. The summed E-state index contributed by atoms with van der Waals surface area (Å²) in [6, 6.07) is 2.82. The number of phenols is 2. The average molecular weight is 429 g/mol. The maximum atomic E-state index is 13.1. The van der Waals surface area contributed by atoms with Crippen molar-refractivity contribution in [3.05, 3.63) is 56.8 Å². The second kappa shape index (κ2) is 6.91. The summed E-state index contributed by atoms with van der Waals surface area (Å²) >= 11 is 6.61. The van der Waals surface area contributed by atoms with Crippen LogP contribution in [0.3, 0.4) is 0 Å². The van der Waals surface area contributed by atoms with Crippen molar-refractivity contribution in [2.45, 2.75) is 71.3 Å². The Morgan fingerprint density at radius 2 is 1.97 bits per heavy atom. The van der Waals surface area contributed by atoms with Gasteiger partial charge in [-0.05, 0) is 71.9 Å². The SMILES string of the molecule is CC(C)=CCC[C@]1(C)OC2=C(Cl)C(=O)c3c(O)cc(O)cc3[C@@]23CC(=C(C)C)C[C@@H]13. The third-order valence-corrected chi connectivity index (χ3v) is 7.47. The van der Waals surface area contributed by atoms with Gasteiger partial charge >= 0.3 is 0 Å². The van der Waals surface area contributed by atoms with E-state index in [1.54, 1.807) is 6.07 Å². The first-order chi connectivity index (χ1) is 14.0. The molecule has 0 radical (unpaired) electrons. The Morgan fingerprint density at radius 3 is 2.60 bits per heavy atom. The van der Waals surface area contributed by atoms with Gasteiger partial charge in [0.1, 0.15) is 27.9 Å². The molecule has 1 aromatic rings. The number of phenolic OH excluding ortho intramolecular Hbond substituents is 2. The van der Waals surface area contributed by atoms with Crippen LogP contribution in [0.1, 0.15) is 76.2 Å². The fourth-order valence-electron chi connectivity index (χ4n) is 5.64. The highest BCUT2D eigenvalue weighted by atomic mass is 35.5. The molecule has 1 aliphatic heterocycles. The molecule has 5 heteroatoms. The zero-order chi connectivity index (χ0) is 22.0. The van der Waals surface area contributed by atoms with Gasteiger partial charge in [-0.25, -0.2) is 0 Å². The Balaban J connectivity index is 1.97. The zero-order valence-electron chi connectivity index (χ0n) is 18.2. The lowest BCUT2D eigenvalue weighted by atomic mass is 9.63. The fourth-order valence-corrected chi connectivity index (χ4v) is 5.94. The first-order valence-corrected chi connectivity index (χ1v) is 10.9. The largest absolute Gasteiger partial charge is 0.508 e. The molecule has 30 heavy (non-hydrogen) atoms. The molecule has 3 atom stereocenters. The van der Waals surface area contributed by atoms with E-state index in [-0.39, 0.29) is 28.0 Å². The van der Waals surface area contributed by atoms with E-state index in [9.17, 15) is 15.0 Å². The number of hydrogen-bond acceptors (Lipinski definition) is 4. The summed E-state index contributed by atoms with van der Waals surface area (Å²) in [5.41, 5.74) is 3.50. The van der Waals surface area contributed by atoms with Crippen LogP contribution in [0.2, 0.25) is 0 Å². The first kappa shape index (κ1) is 21.0. The Labute approximate surface area is 182 Å². The molecular formula is C25H29ClO4. The number of ether oxygens (including phenoxy) is 1. The van der Waals surface area contributed by atoms with Crippen LogP contribution in [-0.2, 0) is 10.2 Å². The summed E-state index contributed by atoms with van der Waals surface area (Å²) in [5.74, 6) is -0.176. The van der Waals surface area contributed by atoms with Crippen molar-refractivity contribution in [1.82, 2.24) is 0 Å². The van der Waals surface area contributed by atoms with Crippen molar-refractivity contribution in [3.8, 4) is 11.5 Å². The quantitative estimate of drug-likeness (QED) is 0.557. The third-order valence-electron chi connectivity index (χ3n) is 7.12. The number of aromatic hydroxyl groups is 2. The van der Waals surface area contributed by atoms with Crippen LogP contribution < -0.4 is 0 Å². The van der Waals surface area contributed by atoms with Crippen LogP contribution >= 0.6 is 11.6 Å². The minimum absolute atomic E-state index is 0.0504. The number of allylic oxidation sites excluding steroid dienone is 6. The summed E-state index contributed by atoms with van der Waals surface area (Å²) in [5, 5.41) is 20.9. The van der Waals surface area contributed by atoms with E-state index >= 15 is 0 Å². The second-order valence-corrected chi connectivity index (χ2v) is 9.98. The molecule has 0 unspecified atom stereocenters. The maximum Gasteiger partial charge on any atom is 0.211 e. The van der Waals surface area contributed by atoms with E-state index in [0.29, 0.717) is 17.7 Å². The number of rotatable bonds is 3. The van der Waals surface area contributed by atoms with Gasteiger partial charge < -0.3 is 14.9 Å². The smallest absolute Gasteiger partial charge is 0.211 e. The lowest BCUT2D eigenvalue weighted by Crippen LogP contribution is -2.39. The molecule has 4 nitrogen and oxygen atoms in total. The highest BCUT2D eigenvalue weighted by Gasteiger charge is 2.67. The van der Waals surface area contributed by atoms with E-state index in [0.717, 1.165) is 19.3 Å². The van der Waals surface area contributed by atoms with Crippen molar-refractivity contribution < 1.29 is 19.7 Å². The van der Waals surface area contributed by atoms with Crippen LogP contribution in [-0.4, -0.2) is 21.6 Å². The molecule has 160 valence electrons. The Hall–Kier alpha value is -2.20. The van der Waals surface area contributed by atoms with Crippen molar-refractivity contribution in [1.29, 1.82) is 0 Å². The van der Waals surface area contributed by atoms with Gasteiger partial charge in [0.15, 0.2) is 0 Å². The van der Waals surface area contributed by atoms with Gasteiger partial charge in [0.05, 0.1) is 11.0 Å². The minimum Gasteiger partial charge on any atom is -0.508 e. The Morgan fingerprint density at radius 1 is 1.27 bits per heavy atom. The number of halogens is 1. The summed E-state index contributed by atoms with van der Waals surface area (Å²) in [6.45, 7) is 10.5. The highest BCUT2D eigenvalue weighted by molar-refractivity contribution is 6.46. The van der Waals surface area contributed by atoms with Gasteiger partial charge in [0, 0.05) is 12.0 Å². The second-order valence-electron chi connectivity index (χ2n) is 9.60. The Kier molecular flexibility index (Phi) is 4.85. The maximum absolute atomic E-state index is 13.1. The average Bonchev–Trinajstić information content (AvgIpc) is 3.15. The first-order valence-electron chi connectivity index (χ1n) is 10.5. The van der Waals surface area contributed by atoms with Crippen LogP contribution in [0.25, 0.3) is 0 Å². The van der Waals surface area contributed by atoms with E-state index in [1.807, 2.05) is 0 Å². The predicted octanol–water partition coefficient (Wildman–Crippen LogP) is 6.26. The molecule has 2 aliphatic carbocycles. The molecule has 3 aliphatic rings. The lowest BCUT2D eigenvalue weighted by Gasteiger charge is -2.35. The summed E-state index contributed by atoms with van der Waals surface area (Å²) in [7, 11) is 0. The van der Waals surface area contributed by atoms with Gasteiger partial charge in [-0.15, -0.1) is 0 Å². The fraction of sp³-hybridized carbons (Fsp3) is 0.480. The summed E-state index contributed by atoms with van der Waals surface area (Å²) < 4.78 is 6.55. The molecule has 2 N–H and O–H groups in total. The predicted molar refractivity (Wildman–Crippen MR) is 118 cm³/mol. The highest BCUT2D eigenvalue weighted by Crippen LogP contribution is 2.67. The molecular weight excluding hydrogens is 400 g/mol. The van der Waals surface area contributed by atoms with Crippen LogP contribution in [0.15, 0.2) is 45.7 Å². The van der Waals surface area contributed by atoms with Crippen molar-refractivity contribution in [3.63, 3.8) is 0 Å². The van der Waals surface area contributed by atoms with Crippen LogP contribution in [0.5, 0.6) is 11.5 Å². The van der Waals surface area contributed by atoms with Crippen molar-refractivity contribution in [2.75, 3.05) is 0 Å². The molecule has 1 heterocycles. The summed E-state index contributed by atoms with van der Waals surface area (Å²) in [4.78, 5) is 13.1. The minimum atomic E-state index is -0.650. The van der Waals surface area contributed by atoms with Crippen molar-refractivity contribution in [2.24, 2.45) is 5.92 Å². The van der Waals surface area contributed by atoms with Crippen LogP contribution in [0, 0.1) is 5.92 Å². The van der Waals surface area contributed by atoms with Gasteiger partial charge in [-0.3, -0.25) is 4.79 Å². The monoisotopic (exact) mass is 428 g/mol. The van der Waals surface area contributed by atoms with E-state index < -0.39 is 16.8 Å². The number of carbonyl (C=O) groups excluding carboxylic acids is 1. The van der Waals surface area contributed by atoms with Gasteiger partial charge in [-0.1, -0.05) is 34.4 Å². The molecule has 0 aromatic heterocycles. The molecule has 0 amide bonds. The number of Topliss-reactive ketones (excluding diaryl/α,β-unsaturated/α-hetero) is 1. The van der Waals surface area contributed by atoms with Crippen molar-refractivity contribution >= 4 is 17.4 Å². The number of fused-ring (bicyclic) bond motifs is 1. The molecule has 1 saturated carbocycles. The number of benzene rings is 1. The summed E-state index contributed by atoms with van der Waals surface area (Å²) in [6.07, 6.45) is 5.38. The molecule has 4 rings (SSSR count). The molecule has 0 bridgehead atoms. The lowest BCUT2D eigenvalue weighted by molar-refractivity contribution is 0.0166. The Bertz CT molecular complexity index is 1040. The normalized spacial score (nSPS) is 29.3. The van der Waals surface area contributed by atoms with E-state index in [2.05, 4.69) is 40.7 Å². The molecule has 2 fully saturated rings. The van der Waals surface area contributed by atoms with Gasteiger partial charge in [0.2, 0.25) is 5.78 Å². The number of carbonyl (C=O) groups is 1. The van der Waals surface area contributed by atoms with E-state index in [4.69, 9.17) is 16.3 Å².